The van der Waals surface area contributed by atoms with Crippen LogP contribution in [0, 0.1) is 11.8 Å². The molecule has 35 heavy (non-hydrogen) atoms. The number of ether oxygens (including phenoxy) is 2. The fraction of sp³-hybridized carbons (Fsp3) is 0.594. The van der Waals surface area contributed by atoms with Crippen molar-refractivity contribution in [2.45, 2.75) is 116 Å². The summed E-state index contributed by atoms with van der Waals surface area (Å²) in [4.78, 5) is 13.5. The number of carbonyl (C=O) groups excluding carboxylic acids is 1. The van der Waals surface area contributed by atoms with Gasteiger partial charge in [-0.05, 0) is 37.0 Å². The molecule has 3 nitrogen and oxygen atoms in total. The minimum absolute atomic E-state index is 0.371. The molecule has 0 unspecified atom stereocenters. The highest BCUT2D eigenvalue weighted by Gasteiger charge is 2.39. The van der Waals surface area contributed by atoms with Crippen LogP contribution in [-0.2, 0) is 19.9 Å². The maximum Gasteiger partial charge on any atom is 0.344 e. The van der Waals surface area contributed by atoms with Gasteiger partial charge in [0, 0.05) is 19.1 Å². The van der Waals surface area contributed by atoms with Crippen molar-refractivity contribution in [2.75, 3.05) is 7.11 Å². The fourth-order valence-electron chi connectivity index (χ4n) is 4.46. The molecule has 0 amide bonds. The Hall–Kier alpha value is -2.31. The number of unbranched alkanes of at least 4 members (excludes halogenated alkanes) is 10. The minimum Gasteiger partial charge on any atom is -0.447 e. The molecule has 0 aliphatic heterocycles. The summed E-state index contributed by atoms with van der Waals surface area (Å²) in [5.41, 5.74) is -0.368. The van der Waals surface area contributed by atoms with E-state index in [9.17, 15) is 4.79 Å². The van der Waals surface area contributed by atoms with Crippen molar-refractivity contribution in [1.82, 2.24) is 0 Å². The molecule has 2 aromatic rings. The molecule has 0 N–H and O–H groups in total. The van der Waals surface area contributed by atoms with E-state index in [1.54, 1.807) is 14.0 Å². The van der Waals surface area contributed by atoms with Gasteiger partial charge in [-0.3, -0.25) is 0 Å². The summed E-state index contributed by atoms with van der Waals surface area (Å²) in [5, 5.41) is 2.08. The van der Waals surface area contributed by atoms with E-state index < -0.39 is 11.7 Å². The summed E-state index contributed by atoms with van der Waals surface area (Å²) < 4.78 is 11.9. The Morgan fingerprint density at radius 3 is 2.20 bits per heavy atom. The quantitative estimate of drug-likeness (QED) is 0.137. The molecule has 0 radical (unpaired) electrons. The van der Waals surface area contributed by atoms with E-state index >= 15 is 0 Å². The average molecular weight is 479 g/mol. The standard InChI is InChI=1S/C32H46O3/c1-5-7-9-11-13-15-17-24-28(23-16-14-12-10-8-6-2)35-31(33)32(3,34-4)30-26-20-22-27-21-18-19-25-29(27)30/h18-22,25-26,28H,5-16,23H2,1-4H3/t28-,32-/m0/s1. The zero-order valence-corrected chi connectivity index (χ0v) is 22.5. The van der Waals surface area contributed by atoms with Crippen molar-refractivity contribution in [1.29, 1.82) is 0 Å². The summed E-state index contributed by atoms with van der Waals surface area (Å²) in [5.74, 6) is 6.21. The lowest BCUT2D eigenvalue weighted by Crippen LogP contribution is -2.38. The number of methoxy groups -OCH3 is 1. The molecule has 2 atom stereocenters. The summed E-state index contributed by atoms with van der Waals surface area (Å²) in [7, 11) is 1.58. The van der Waals surface area contributed by atoms with Crippen LogP contribution in [0.3, 0.4) is 0 Å². The molecule has 0 heterocycles. The minimum atomic E-state index is -1.19. The van der Waals surface area contributed by atoms with Gasteiger partial charge in [0.2, 0.25) is 0 Å². The van der Waals surface area contributed by atoms with E-state index in [0.717, 1.165) is 48.4 Å². The topological polar surface area (TPSA) is 35.5 Å². The maximum atomic E-state index is 13.5. The molecule has 2 rings (SSSR count). The third kappa shape index (κ3) is 9.34. The second-order valence-electron chi connectivity index (χ2n) is 9.70. The first-order valence-electron chi connectivity index (χ1n) is 13.8. The molecule has 0 aliphatic carbocycles. The largest absolute Gasteiger partial charge is 0.447 e. The smallest absolute Gasteiger partial charge is 0.344 e. The van der Waals surface area contributed by atoms with Gasteiger partial charge in [0.15, 0.2) is 11.7 Å². The van der Waals surface area contributed by atoms with Crippen LogP contribution < -0.4 is 0 Å². The summed E-state index contributed by atoms with van der Waals surface area (Å²) in [6, 6.07) is 14.0. The van der Waals surface area contributed by atoms with Gasteiger partial charge >= 0.3 is 5.97 Å². The molecule has 0 spiro atoms. The summed E-state index contributed by atoms with van der Waals surface area (Å²) >= 11 is 0. The van der Waals surface area contributed by atoms with E-state index in [1.165, 1.54) is 51.4 Å². The number of benzene rings is 2. The van der Waals surface area contributed by atoms with Crippen molar-refractivity contribution in [3.63, 3.8) is 0 Å². The third-order valence-corrected chi connectivity index (χ3v) is 6.84. The van der Waals surface area contributed by atoms with Gasteiger partial charge in [-0.15, -0.1) is 0 Å². The van der Waals surface area contributed by atoms with Crippen LogP contribution in [0.5, 0.6) is 0 Å². The van der Waals surface area contributed by atoms with Gasteiger partial charge < -0.3 is 9.47 Å². The molecule has 192 valence electrons. The summed E-state index contributed by atoms with van der Waals surface area (Å²) in [6.45, 7) is 6.27. The Labute approximate surface area is 214 Å². The number of rotatable bonds is 16. The fourth-order valence-corrected chi connectivity index (χ4v) is 4.46. The lowest BCUT2D eigenvalue weighted by molar-refractivity contribution is -0.171. The lowest BCUT2D eigenvalue weighted by atomic mass is 9.90. The van der Waals surface area contributed by atoms with Gasteiger partial charge in [0.05, 0.1) is 0 Å². The maximum absolute atomic E-state index is 13.5. The second kappa shape index (κ2) is 16.4. The predicted molar refractivity (Wildman–Crippen MR) is 147 cm³/mol. The first-order valence-corrected chi connectivity index (χ1v) is 13.8. The Morgan fingerprint density at radius 1 is 0.857 bits per heavy atom. The molecular formula is C32H46O3. The van der Waals surface area contributed by atoms with Gasteiger partial charge in [0.25, 0.3) is 0 Å². The van der Waals surface area contributed by atoms with Gasteiger partial charge in [-0.25, -0.2) is 4.79 Å². The Morgan fingerprint density at radius 2 is 1.49 bits per heavy atom. The average Bonchev–Trinajstić information content (AvgIpc) is 2.89. The van der Waals surface area contributed by atoms with E-state index in [4.69, 9.17) is 9.47 Å². The molecule has 3 heteroatoms. The van der Waals surface area contributed by atoms with E-state index in [1.807, 2.05) is 42.5 Å². The van der Waals surface area contributed by atoms with Crippen LogP contribution >= 0.6 is 0 Å². The van der Waals surface area contributed by atoms with Gasteiger partial charge in [0.1, 0.15) is 0 Å². The van der Waals surface area contributed by atoms with Crippen LogP contribution in [0.25, 0.3) is 10.8 Å². The van der Waals surface area contributed by atoms with Crippen molar-refractivity contribution in [3.8, 4) is 11.8 Å². The van der Waals surface area contributed by atoms with E-state index in [0.29, 0.717) is 0 Å². The number of esters is 1. The third-order valence-electron chi connectivity index (χ3n) is 6.84. The second-order valence-corrected chi connectivity index (χ2v) is 9.70. The molecule has 0 aliphatic rings. The van der Waals surface area contributed by atoms with Crippen molar-refractivity contribution < 1.29 is 14.3 Å². The first kappa shape index (κ1) is 28.9. The molecule has 0 aromatic heterocycles. The summed E-state index contributed by atoms with van der Waals surface area (Å²) in [6.07, 6.45) is 14.6. The SMILES string of the molecule is CCCCCCCC#C[C@H](CCCCCCCC)OC(=O)[C@@](C)(OC)c1cccc2ccccc12. The number of carbonyl (C=O) groups is 1. The van der Waals surface area contributed by atoms with Crippen molar-refractivity contribution in [2.24, 2.45) is 0 Å². The highest BCUT2D eigenvalue weighted by molar-refractivity contribution is 5.92. The van der Waals surface area contributed by atoms with Crippen LogP contribution in [0.1, 0.15) is 110 Å². The van der Waals surface area contributed by atoms with Gasteiger partial charge in [-0.1, -0.05) is 126 Å². The molecule has 2 aromatic carbocycles. The molecule has 0 saturated carbocycles. The number of hydrogen-bond donors (Lipinski definition) is 0. The highest BCUT2D eigenvalue weighted by Crippen LogP contribution is 2.33. The molecule has 0 fully saturated rings. The highest BCUT2D eigenvalue weighted by atomic mass is 16.6. The Balaban J connectivity index is 2.10. The normalized spacial score (nSPS) is 13.6. The lowest BCUT2D eigenvalue weighted by Gasteiger charge is -2.29. The Kier molecular flexibility index (Phi) is 13.5. The molecule has 0 saturated heterocycles. The number of fused-ring (bicyclic) bond motifs is 1. The predicted octanol–water partition coefficient (Wildman–Crippen LogP) is 8.73. The zero-order chi connectivity index (χ0) is 25.4. The van der Waals surface area contributed by atoms with Crippen LogP contribution in [0.4, 0.5) is 0 Å². The first-order chi connectivity index (χ1) is 17.1. The van der Waals surface area contributed by atoms with Crippen molar-refractivity contribution in [3.05, 3.63) is 48.0 Å². The van der Waals surface area contributed by atoms with E-state index in [2.05, 4.69) is 25.7 Å². The van der Waals surface area contributed by atoms with Crippen LogP contribution in [0.15, 0.2) is 42.5 Å². The van der Waals surface area contributed by atoms with Crippen LogP contribution in [-0.4, -0.2) is 19.2 Å². The van der Waals surface area contributed by atoms with Crippen molar-refractivity contribution >= 4 is 16.7 Å². The van der Waals surface area contributed by atoms with Gasteiger partial charge in [-0.2, -0.15) is 0 Å². The van der Waals surface area contributed by atoms with E-state index in [-0.39, 0.29) is 5.97 Å². The number of hydrogen-bond acceptors (Lipinski definition) is 3. The Bertz CT molecular complexity index is 933. The molecule has 0 bridgehead atoms. The molecular weight excluding hydrogens is 432 g/mol. The monoisotopic (exact) mass is 478 g/mol. The van der Waals surface area contributed by atoms with Crippen LogP contribution in [0.2, 0.25) is 0 Å². The zero-order valence-electron chi connectivity index (χ0n) is 22.5.